The fourth-order valence-corrected chi connectivity index (χ4v) is 0. The molecule has 0 fully saturated rings. The first-order chi connectivity index (χ1) is 4.00. The number of hydrogen-bond donors (Lipinski definition) is 4. The van der Waals surface area contributed by atoms with E-state index in [4.69, 9.17) is 35.0 Å². The molecule has 0 aromatic heterocycles. The molecule has 0 atom stereocenters. The van der Waals surface area contributed by atoms with E-state index in [9.17, 15) is 0 Å². The molecular weight excluding hydrogens is 264 g/mol. The van der Waals surface area contributed by atoms with E-state index in [0.717, 1.165) is 0 Å². The molecule has 0 saturated heterocycles. The van der Waals surface area contributed by atoms with Gasteiger partial charge in [-0.15, -0.1) is 0 Å². The maximum absolute atomic E-state index is 8.74. The van der Waals surface area contributed by atoms with Gasteiger partial charge in [0.15, 0.2) is 0 Å². The van der Waals surface area contributed by atoms with Crippen LogP contribution in [0.5, 0.6) is 0 Å². The van der Waals surface area contributed by atoms with E-state index in [1.54, 1.807) is 0 Å². The van der Waals surface area contributed by atoms with Crippen molar-refractivity contribution < 1.29 is 35.0 Å². The van der Waals surface area contributed by atoms with E-state index in [1.807, 2.05) is 0 Å². The van der Waals surface area contributed by atoms with Crippen LogP contribution in [0.3, 0.4) is 0 Å². The molecule has 0 aromatic carbocycles. The summed E-state index contributed by atoms with van der Waals surface area (Å²) in [7, 11) is -9.33. The van der Waals surface area contributed by atoms with Crippen LogP contribution in [0.4, 0.5) is 0 Å². The summed E-state index contributed by atoms with van der Waals surface area (Å²) < 4.78 is 63.2. The van der Waals surface area contributed by atoms with Crippen molar-refractivity contribution in [3.05, 3.63) is 0 Å². The van der Waals surface area contributed by atoms with Gasteiger partial charge in [0, 0.05) is 0 Å². The van der Waals surface area contributed by atoms with Gasteiger partial charge in [-0.05, 0) is 0 Å². The van der Waals surface area contributed by atoms with Crippen molar-refractivity contribution in [3.63, 3.8) is 0 Å². The number of rotatable bonds is 0. The molecule has 0 heterocycles. The van der Waals surface area contributed by atoms with Crippen LogP contribution in [-0.2, 0) is 20.8 Å². The van der Waals surface area contributed by atoms with Gasteiger partial charge in [0.1, 0.15) is 0 Å². The summed E-state index contributed by atoms with van der Waals surface area (Å²) in [5.41, 5.74) is 0. The quantitative estimate of drug-likeness (QED) is 0.259. The first-order valence-corrected chi connectivity index (χ1v) is 4.19. The molecular formula is H9Mg2NaO8S2. The van der Waals surface area contributed by atoms with Gasteiger partial charge in [-0.2, -0.15) is 16.8 Å². The van der Waals surface area contributed by atoms with Crippen molar-refractivity contribution in [1.29, 1.82) is 0 Å². The molecule has 13 heavy (non-hydrogen) atoms. The van der Waals surface area contributed by atoms with Crippen LogP contribution in [0.1, 0.15) is 0 Å². The Balaban J connectivity index is -0.0000000267. The molecule has 0 aromatic rings. The monoisotopic (exact) mass is 272 g/mol. The molecule has 0 spiro atoms. The Kier molecular flexibility index (Phi) is 28.0. The summed E-state index contributed by atoms with van der Waals surface area (Å²) in [6, 6.07) is 0. The molecule has 13 heteroatoms. The summed E-state index contributed by atoms with van der Waals surface area (Å²) in [5, 5.41) is 0. The molecule has 74 valence electrons. The van der Waals surface area contributed by atoms with Gasteiger partial charge in [-0.1, -0.05) is 0 Å². The fraction of sp³-hybridized carbons (Fsp3) is 0. The SMILES string of the molecule is O=S(=O)(O)O.O=S(=O)(O)O.[MgH2].[MgH2].[NaH]. The zero-order valence-corrected chi connectivity index (χ0v) is 5.87. The van der Waals surface area contributed by atoms with E-state index in [2.05, 4.69) is 0 Å². The van der Waals surface area contributed by atoms with Gasteiger partial charge in [0.2, 0.25) is 0 Å². The third-order valence-electron chi connectivity index (χ3n) is 0. The Morgan fingerprint density at radius 3 is 0.615 bits per heavy atom. The number of hydrogen-bond acceptors (Lipinski definition) is 4. The summed E-state index contributed by atoms with van der Waals surface area (Å²) in [5.74, 6) is 0. The summed E-state index contributed by atoms with van der Waals surface area (Å²) in [4.78, 5) is 0. The van der Waals surface area contributed by atoms with Crippen LogP contribution in [-0.4, -0.2) is 111 Å². The average molecular weight is 273 g/mol. The van der Waals surface area contributed by atoms with Gasteiger partial charge in [0.05, 0.1) is 0 Å². The molecule has 8 nitrogen and oxygen atoms in total. The first-order valence-electron chi connectivity index (χ1n) is 1.40. The summed E-state index contributed by atoms with van der Waals surface area (Å²) >= 11 is 0. The van der Waals surface area contributed by atoms with Crippen molar-refractivity contribution in [2.45, 2.75) is 0 Å². The van der Waals surface area contributed by atoms with Crippen LogP contribution in [0.15, 0.2) is 0 Å². The van der Waals surface area contributed by atoms with E-state index >= 15 is 0 Å². The van der Waals surface area contributed by atoms with Crippen LogP contribution >= 0.6 is 0 Å². The van der Waals surface area contributed by atoms with E-state index in [0.29, 0.717) is 0 Å². The fourth-order valence-electron chi connectivity index (χ4n) is 0. The Morgan fingerprint density at radius 2 is 0.615 bits per heavy atom. The summed E-state index contributed by atoms with van der Waals surface area (Å²) in [6.07, 6.45) is 0. The molecule has 0 radical (unpaired) electrons. The standard InChI is InChI=1S/2Mg.Na.2H2O4S.5H/c;;;2*1-5(2,3)4;;;;;/h;;;2*(H2,1,2,3,4);;;;;. The molecule has 0 aliphatic rings. The predicted octanol–water partition coefficient (Wildman–Crippen LogP) is -3.79. The van der Waals surface area contributed by atoms with Crippen LogP contribution < -0.4 is 0 Å². The van der Waals surface area contributed by atoms with E-state index in [-0.39, 0.29) is 75.7 Å². The molecule has 4 N–H and O–H groups in total. The maximum atomic E-state index is 8.74. The second kappa shape index (κ2) is 12.3. The second-order valence-corrected chi connectivity index (χ2v) is 2.69. The van der Waals surface area contributed by atoms with Crippen molar-refractivity contribution in [1.82, 2.24) is 0 Å². The van der Waals surface area contributed by atoms with Crippen molar-refractivity contribution >= 4 is 96.5 Å². The molecule has 0 amide bonds. The van der Waals surface area contributed by atoms with Crippen LogP contribution in [0.2, 0.25) is 0 Å². The van der Waals surface area contributed by atoms with Gasteiger partial charge < -0.3 is 0 Å². The molecule has 0 aliphatic heterocycles. The van der Waals surface area contributed by atoms with Gasteiger partial charge in [-0.25, -0.2) is 0 Å². The molecule has 0 rings (SSSR count). The average Bonchev–Trinajstić information content (AvgIpc) is 1.12. The zero-order chi connectivity index (χ0) is 9.00. The van der Waals surface area contributed by atoms with Gasteiger partial charge in [-0.3, -0.25) is 18.2 Å². The molecule has 0 saturated carbocycles. The van der Waals surface area contributed by atoms with Gasteiger partial charge >= 0.3 is 96.5 Å². The molecule has 0 unspecified atom stereocenters. The minimum atomic E-state index is -4.67. The van der Waals surface area contributed by atoms with Crippen LogP contribution in [0, 0.1) is 0 Å². The van der Waals surface area contributed by atoms with E-state index in [1.165, 1.54) is 0 Å². The third-order valence-corrected chi connectivity index (χ3v) is 0. The molecule has 0 bridgehead atoms. The normalized spacial score (nSPS) is 8.92. The zero-order valence-electron chi connectivity index (χ0n) is 4.24. The van der Waals surface area contributed by atoms with Crippen molar-refractivity contribution in [3.8, 4) is 0 Å². The van der Waals surface area contributed by atoms with Crippen LogP contribution in [0.25, 0.3) is 0 Å². The Bertz CT molecular complexity index is 217. The summed E-state index contributed by atoms with van der Waals surface area (Å²) in [6.45, 7) is 0. The van der Waals surface area contributed by atoms with E-state index < -0.39 is 20.8 Å². The minimum absolute atomic E-state index is 0. The third kappa shape index (κ3) is 416. The van der Waals surface area contributed by atoms with Gasteiger partial charge in [0.25, 0.3) is 0 Å². The predicted molar refractivity (Wildman–Crippen MR) is 52.6 cm³/mol. The second-order valence-electron chi connectivity index (χ2n) is 0.896. The Morgan fingerprint density at radius 1 is 0.615 bits per heavy atom. The Labute approximate surface area is 130 Å². The molecule has 0 aliphatic carbocycles. The van der Waals surface area contributed by atoms with Crippen molar-refractivity contribution in [2.75, 3.05) is 0 Å². The Hall–Kier alpha value is 2.27. The topological polar surface area (TPSA) is 149 Å². The van der Waals surface area contributed by atoms with Crippen molar-refractivity contribution in [2.24, 2.45) is 0 Å². The first kappa shape index (κ1) is 29.5.